The van der Waals surface area contributed by atoms with Crippen LogP contribution in [0.1, 0.15) is 316 Å². The third kappa shape index (κ3) is 61.3. The van der Waals surface area contributed by atoms with Gasteiger partial charge in [-0.1, -0.05) is 260 Å². The van der Waals surface area contributed by atoms with Gasteiger partial charge in [0.2, 0.25) is 0 Å². The molecule has 0 aliphatic rings. The highest BCUT2D eigenvalue weighted by Crippen LogP contribution is 2.15. The van der Waals surface area contributed by atoms with Gasteiger partial charge in [0, 0.05) is 19.3 Å². The Morgan fingerprint density at radius 2 is 0.480 bits per heavy atom. The van der Waals surface area contributed by atoms with Crippen molar-refractivity contribution in [2.75, 3.05) is 13.2 Å². The number of allylic oxidation sites excluding steroid dienone is 14. The van der Waals surface area contributed by atoms with Crippen LogP contribution in [0, 0.1) is 0 Å². The molecule has 0 radical (unpaired) electrons. The Bertz CT molecular complexity index is 1430. The Kier molecular flexibility index (Phi) is 60.3. The summed E-state index contributed by atoms with van der Waals surface area (Å²) in [6, 6.07) is 0. The summed E-state index contributed by atoms with van der Waals surface area (Å²) in [5.74, 6) is -0.906. The van der Waals surface area contributed by atoms with Crippen LogP contribution in [0.25, 0.3) is 0 Å². The zero-order chi connectivity index (χ0) is 54.3. The smallest absolute Gasteiger partial charge is 0.306 e. The maximum atomic E-state index is 12.9. The minimum absolute atomic E-state index is 0.0879. The topological polar surface area (TPSA) is 78.9 Å². The maximum absolute atomic E-state index is 12.9. The van der Waals surface area contributed by atoms with E-state index in [1.54, 1.807) is 0 Å². The summed E-state index contributed by atoms with van der Waals surface area (Å²) in [4.78, 5) is 38.3. The maximum Gasteiger partial charge on any atom is 0.306 e. The average molecular weight is 1050 g/mol. The predicted octanol–water partition coefficient (Wildman–Crippen LogP) is 21.9. The molecular formula is C69H120O6. The van der Waals surface area contributed by atoms with E-state index in [-0.39, 0.29) is 31.1 Å². The third-order valence-corrected chi connectivity index (χ3v) is 13.8. The zero-order valence-corrected chi connectivity index (χ0v) is 49.6. The lowest BCUT2D eigenvalue weighted by Gasteiger charge is -2.18. The number of hydrogen-bond acceptors (Lipinski definition) is 6. The molecule has 1 unspecified atom stereocenters. The highest BCUT2D eigenvalue weighted by molar-refractivity contribution is 5.71. The van der Waals surface area contributed by atoms with Crippen molar-refractivity contribution in [2.24, 2.45) is 0 Å². The molecule has 0 aromatic heterocycles. The Balaban J connectivity index is 4.44. The first-order valence-corrected chi connectivity index (χ1v) is 32.1. The minimum Gasteiger partial charge on any atom is -0.462 e. The van der Waals surface area contributed by atoms with E-state index in [0.29, 0.717) is 19.3 Å². The number of hydrogen-bond donors (Lipinski definition) is 0. The van der Waals surface area contributed by atoms with Crippen LogP contribution in [0.15, 0.2) is 85.1 Å². The van der Waals surface area contributed by atoms with Crippen LogP contribution in [0.5, 0.6) is 0 Å². The lowest BCUT2D eigenvalue weighted by Crippen LogP contribution is -2.30. The summed E-state index contributed by atoms with van der Waals surface area (Å²) in [5.41, 5.74) is 0. The fraction of sp³-hybridized carbons (Fsp3) is 0.754. The van der Waals surface area contributed by atoms with Gasteiger partial charge in [-0.05, 0) is 122 Å². The van der Waals surface area contributed by atoms with Crippen molar-refractivity contribution in [3.8, 4) is 0 Å². The second-order valence-corrected chi connectivity index (χ2v) is 21.3. The summed E-state index contributed by atoms with van der Waals surface area (Å²) >= 11 is 0. The standard InChI is InChI=1S/C69H120O6/c1-4-7-10-13-16-19-22-25-28-31-33-34-36-38-41-44-47-50-53-56-59-62-68(71)74-65-66(64-73-67(70)61-58-55-52-49-46-43-40-37-30-27-24-21-18-15-12-9-6-3)75-69(72)63-60-57-54-51-48-45-42-39-35-32-29-26-23-20-17-14-11-8-5-2/h17,20,22,25-27,29-31,33,35-36,38-39,66H,4-16,18-19,21,23-24,28,32,34,37,40-65H2,1-3H3/b20-17-,25-22-,29-26-,30-27-,33-31-,38-36-,39-35-. The van der Waals surface area contributed by atoms with Crippen molar-refractivity contribution in [3.63, 3.8) is 0 Å². The van der Waals surface area contributed by atoms with E-state index in [4.69, 9.17) is 14.2 Å². The van der Waals surface area contributed by atoms with Crippen molar-refractivity contribution < 1.29 is 28.6 Å². The van der Waals surface area contributed by atoms with Gasteiger partial charge in [-0.15, -0.1) is 0 Å². The lowest BCUT2D eigenvalue weighted by molar-refractivity contribution is -0.167. The van der Waals surface area contributed by atoms with Crippen LogP contribution in [0.2, 0.25) is 0 Å². The molecule has 0 bridgehead atoms. The van der Waals surface area contributed by atoms with Crippen LogP contribution in [0.3, 0.4) is 0 Å². The van der Waals surface area contributed by atoms with E-state index >= 15 is 0 Å². The van der Waals surface area contributed by atoms with Crippen molar-refractivity contribution in [2.45, 2.75) is 322 Å². The molecule has 0 N–H and O–H groups in total. The molecule has 0 heterocycles. The SMILES string of the molecule is CCCCC/C=C\C/C=C\C/C=C\CCCCCCCCC(=O)OC(COC(=O)CCCCCCCC/C=C\C/C=C\C/C=C\CCCCCCC)COC(=O)CCCCCCCCC/C=C\CCCCCCCC. The van der Waals surface area contributed by atoms with Crippen molar-refractivity contribution in [1.82, 2.24) is 0 Å². The van der Waals surface area contributed by atoms with E-state index in [9.17, 15) is 14.4 Å². The van der Waals surface area contributed by atoms with Crippen LogP contribution >= 0.6 is 0 Å². The molecule has 75 heavy (non-hydrogen) atoms. The van der Waals surface area contributed by atoms with E-state index in [0.717, 1.165) is 103 Å². The van der Waals surface area contributed by atoms with Gasteiger partial charge in [-0.2, -0.15) is 0 Å². The second-order valence-electron chi connectivity index (χ2n) is 21.3. The molecule has 0 aliphatic carbocycles. The van der Waals surface area contributed by atoms with E-state index < -0.39 is 6.10 Å². The minimum atomic E-state index is -0.793. The largest absolute Gasteiger partial charge is 0.462 e. The molecule has 0 amide bonds. The molecule has 432 valence electrons. The molecule has 1 atom stereocenters. The lowest BCUT2D eigenvalue weighted by atomic mass is 10.1. The summed E-state index contributed by atoms with van der Waals surface area (Å²) in [6.07, 6.45) is 82.9. The van der Waals surface area contributed by atoms with Crippen molar-refractivity contribution in [1.29, 1.82) is 0 Å². The highest BCUT2D eigenvalue weighted by atomic mass is 16.6. The monoisotopic (exact) mass is 1040 g/mol. The zero-order valence-electron chi connectivity index (χ0n) is 49.6. The summed E-state index contributed by atoms with van der Waals surface area (Å²) in [6.45, 7) is 6.60. The van der Waals surface area contributed by atoms with E-state index in [2.05, 4.69) is 106 Å². The van der Waals surface area contributed by atoms with Gasteiger partial charge in [-0.25, -0.2) is 0 Å². The first kappa shape index (κ1) is 71.6. The highest BCUT2D eigenvalue weighted by Gasteiger charge is 2.19. The van der Waals surface area contributed by atoms with E-state index in [1.165, 1.54) is 173 Å². The van der Waals surface area contributed by atoms with Gasteiger partial charge in [0.05, 0.1) is 0 Å². The fourth-order valence-electron chi connectivity index (χ4n) is 8.98. The number of carbonyl (C=O) groups excluding carboxylic acids is 3. The van der Waals surface area contributed by atoms with Gasteiger partial charge in [0.1, 0.15) is 13.2 Å². The molecule has 0 aliphatic heterocycles. The summed E-state index contributed by atoms with van der Waals surface area (Å²) < 4.78 is 16.9. The van der Waals surface area contributed by atoms with Gasteiger partial charge in [-0.3, -0.25) is 14.4 Å². The van der Waals surface area contributed by atoms with Crippen LogP contribution in [-0.4, -0.2) is 37.2 Å². The molecule has 0 spiro atoms. The van der Waals surface area contributed by atoms with Gasteiger partial charge >= 0.3 is 17.9 Å². The predicted molar refractivity (Wildman–Crippen MR) is 325 cm³/mol. The first-order valence-electron chi connectivity index (χ1n) is 32.1. The number of esters is 3. The molecule has 6 nitrogen and oxygen atoms in total. The van der Waals surface area contributed by atoms with Crippen molar-refractivity contribution in [3.05, 3.63) is 85.1 Å². The van der Waals surface area contributed by atoms with Crippen LogP contribution < -0.4 is 0 Å². The summed E-state index contributed by atoms with van der Waals surface area (Å²) in [7, 11) is 0. The van der Waals surface area contributed by atoms with Crippen molar-refractivity contribution >= 4 is 17.9 Å². The second kappa shape index (κ2) is 63.1. The van der Waals surface area contributed by atoms with Gasteiger partial charge in [0.15, 0.2) is 6.10 Å². The Morgan fingerprint density at radius 3 is 0.787 bits per heavy atom. The molecule has 6 heteroatoms. The van der Waals surface area contributed by atoms with Crippen LogP contribution in [-0.2, 0) is 28.6 Å². The number of carbonyl (C=O) groups is 3. The Hall–Kier alpha value is -3.41. The molecule has 0 aromatic rings. The molecular weight excluding hydrogens is 925 g/mol. The van der Waals surface area contributed by atoms with Gasteiger partial charge in [0.25, 0.3) is 0 Å². The molecule has 0 saturated carbocycles. The fourth-order valence-corrected chi connectivity index (χ4v) is 8.98. The third-order valence-electron chi connectivity index (χ3n) is 13.8. The van der Waals surface area contributed by atoms with Gasteiger partial charge < -0.3 is 14.2 Å². The molecule has 0 aromatic carbocycles. The number of ether oxygens (including phenoxy) is 3. The Morgan fingerprint density at radius 1 is 0.267 bits per heavy atom. The Labute approximate surface area is 465 Å². The number of unbranched alkanes of at least 4 members (excludes halogenated alkanes) is 33. The quantitative estimate of drug-likeness (QED) is 0.0261. The number of rotatable bonds is 58. The average Bonchev–Trinajstić information content (AvgIpc) is 3.41. The van der Waals surface area contributed by atoms with E-state index in [1.807, 2.05) is 0 Å². The molecule has 0 fully saturated rings. The normalized spacial score (nSPS) is 12.6. The molecule has 0 saturated heterocycles. The molecule has 0 rings (SSSR count). The summed E-state index contributed by atoms with van der Waals surface area (Å²) in [5, 5.41) is 0. The van der Waals surface area contributed by atoms with Crippen LogP contribution in [0.4, 0.5) is 0 Å². The first-order chi connectivity index (χ1) is 37.0.